The fraction of sp³-hybridized carbons (Fsp3) is 0.130. The van der Waals surface area contributed by atoms with Crippen LogP contribution in [0.25, 0.3) is 11.0 Å². The lowest BCUT2D eigenvalue weighted by atomic mass is 10.1. The van der Waals surface area contributed by atoms with Crippen LogP contribution >= 0.6 is 11.6 Å². The highest BCUT2D eigenvalue weighted by Gasteiger charge is 2.12. The highest BCUT2D eigenvalue weighted by atomic mass is 35.5. The van der Waals surface area contributed by atoms with Gasteiger partial charge in [0.2, 0.25) is 0 Å². The lowest BCUT2D eigenvalue weighted by molar-refractivity contribution is 0.102. The number of benzene rings is 3. The molecule has 0 saturated carbocycles. The Balaban J connectivity index is 1.54. The highest BCUT2D eigenvalue weighted by Crippen LogP contribution is 2.22. The molecule has 0 aliphatic rings. The minimum atomic E-state index is -0.231. The zero-order chi connectivity index (χ0) is 19.5. The van der Waals surface area contributed by atoms with E-state index >= 15 is 0 Å². The van der Waals surface area contributed by atoms with E-state index < -0.39 is 0 Å². The second kappa shape index (κ2) is 7.87. The summed E-state index contributed by atoms with van der Waals surface area (Å²) in [7, 11) is 2.03. The maximum atomic E-state index is 12.5. The van der Waals surface area contributed by atoms with E-state index in [-0.39, 0.29) is 5.91 Å². The summed E-state index contributed by atoms with van der Waals surface area (Å²) in [5, 5.41) is 3.34. The molecule has 1 amide bonds. The molecule has 0 unspecified atom stereocenters. The van der Waals surface area contributed by atoms with Gasteiger partial charge >= 0.3 is 0 Å². The average molecular weight is 390 g/mol. The zero-order valence-electron chi connectivity index (χ0n) is 15.5. The van der Waals surface area contributed by atoms with Gasteiger partial charge in [0.15, 0.2) is 0 Å². The minimum Gasteiger partial charge on any atom is -0.331 e. The summed E-state index contributed by atoms with van der Waals surface area (Å²) in [6.07, 6.45) is 1.80. The van der Waals surface area contributed by atoms with Crippen molar-refractivity contribution in [1.82, 2.24) is 9.55 Å². The number of imidazole rings is 1. The lowest BCUT2D eigenvalue weighted by Gasteiger charge is -2.07. The van der Waals surface area contributed by atoms with Crippen LogP contribution in [0.15, 0.2) is 72.8 Å². The molecule has 3 aromatic carbocycles. The number of halogens is 1. The third-order valence-electron chi connectivity index (χ3n) is 4.83. The van der Waals surface area contributed by atoms with E-state index in [2.05, 4.69) is 34.1 Å². The van der Waals surface area contributed by atoms with E-state index in [1.165, 1.54) is 5.56 Å². The Morgan fingerprint density at radius 2 is 1.75 bits per heavy atom. The van der Waals surface area contributed by atoms with Crippen molar-refractivity contribution >= 4 is 34.2 Å². The number of anilines is 1. The first-order valence-electron chi connectivity index (χ1n) is 9.17. The molecule has 0 bridgehead atoms. The highest BCUT2D eigenvalue weighted by molar-refractivity contribution is 6.34. The molecule has 4 aromatic rings. The number of nitrogens with one attached hydrogen (secondary N) is 1. The maximum Gasteiger partial charge on any atom is 0.257 e. The Labute approximate surface area is 168 Å². The van der Waals surface area contributed by atoms with E-state index in [9.17, 15) is 4.79 Å². The van der Waals surface area contributed by atoms with Crippen LogP contribution in [-0.2, 0) is 19.9 Å². The van der Waals surface area contributed by atoms with Gasteiger partial charge in [0.1, 0.15) is 5.82 Å². The predicted molar refractivity (Wildman–Crippen MR) is 114 cm³/mol. The number of hydrogen-bond acceptors (Lipinski definition) is 2. The molecule has 5 heteroatoms. The second-order valence-corrected chi connectivity index (χ2v) is 7.12. The van der Waals surface area contributed by atoms with E-state index in [4.69, 9.17) is 16.6 Å². The lowest BCUT2D eigenvalue weighted by Crippen LogP contribution is -2.12. The monoisotopic (exact) mass is 389 g/mol. The normalized spacial score (nSPS) is 10.9. The zero-order valence-corrected chi connectivity index (χ0v) is 16.3. The number of fused-ring (bicyclic) bond motifs is 1. The summed E-state index contributed by atoms with van der Waals surface area (Å²) in [5.74, 6) is 0.790. The van der Waals surface area contributed by atoms with E-state index in [0.29, 0.717) is 16.3 Å². The second-order valence-electron chi connectivity index (χ2n) is 6.71. The van der Waals surface area contributed by atoms with Crippen LogP contribution in [-0.4, -0.2) is 15.5 Å². The van der Waals surface area contributed by atoms with E-state index in [1.54, 1.807) is 24.3 Å². The van der Waals surface area contributed by atoms with E-state index in [0.717, 1.165) is 29.7 Å². The Kier molecular flexibility index (Phi) is 5.13. The van der Waals surface area contributed by atoms with Gasteiger partial charge < -0.3 is 9.88 Å². The van der Waals surface area contributed by atoms with Crippen molar-refractivity contribution in [3.8, 4) is 0 Å². The van der Waals surface area contributed by atoms with Crippen molar-refractivity contribution in [2.24, 2.45) is 7.05 Å². The van der Waals surface area contributed by atoms with Crippen LogP contribution < -0.4 is 5.32 Å². The van der Waals surface area contributed by atoms with Crippen molar-refractivity contribution < 1.29 is 4.79 Å². The van der Waals surface area contributed by atoms with Crippen molar-refractivity contribution in [2.45, 2.75) is 12.8 Å². The third-order valence-corrected chi connectivity index (χ3v) is 5.16. The van der Waals surface area contributed by atoms with Crippen LogP contribution in [0.4, 0.5) is 5.69 Å². The topological polar surface area (TPSA) is 46.9 Å². The molecular formula is C23H20ClN3O. The molecule has 0 fully saturated rings. The molecule has 28 heavy (non-hydrogen) atoms. The average Bonchev–Trinajstić information content (AvgIpc) is 3.02. The first kappa shape index (κ1) is 18.3. The molecular weight excluding hydrogens is 370 g/mol. The molecule has 140 valence electrons. The van der Waals surface area contributed by atoms with Gasteiger partial charge in [-0.1, -0.05) is 54.1 Å². The van der Waals surface area contributed by atoms with Gasteiger partial charge in [-0.15, -0.1) is 0 Å². The van der Waals surface area contributed by atoms with Gasteiger partial charge in [0.05, 0.1) is 21.6 Å². The van der Waals surface area contributed by atoms with E-state index in [1.807, 2.05) is 31.3 Å². The number of rotatable bonds is 5. The van der Waals surface area contributed by atoms with Crippen LogP contribution in [0.5, 0.6) is 0 Å². The van der Waals surface area contributed by atoms with Crippen molar-refractivity contribution in [2.75, 3.05) is 5.32 Å². The summed E-state index contributed by atoms with van der Waals surface area (Å²) < 4.78 is 2.11. The van der Waals surface area contributed by atoms with Gasteiger partial charge in [-0.05, 0) is 42.3 Å². The summed E-state index contributed by atoms with van der Waals surface area (Å²) in [5.41, 5.74) is 4.35. The molecule has 1 N–H and O–H groups in total. The molecule has 0 radical (unpaired) electrons. The molecule has 0 saturated heterocycles. The minimum absolute atomic E-state index is 0.231. The molecule has 0 atom stereocenters. The standard InChI is InChI=1S/C23H20ClN3O/c1-27-21-13-12-17(25-23(28)18-9-5-6-10-19(18)24)15-20(21)26-22(27)14-11-16-7-3-2-4-8-16/h2-10,12-13,15H,11,14H2,1H3,(H,25,28). The Hall–Kier alpha value is -3.11. The molecule has 1 heterocycles. The van der Waals surface area contributed by atoms with Crippen LogP contribution in [0.1, 0.15) is 21.7 Å². The molecule has 0 spiro atoms. The van der Waals surface area contributed by atoms with Gasteiger partial charge in [0, 0.05) is 19.2 Å². The van der Waals surface area contributed by atoms with Crippen LogP contribution in [0.3, 0.4) is 0 Å². The number of aryl methyl sites for hydroxylation is 3. The largest absolute Gasteiger partial charge is 0.331 e. The number of carbonyl (C=O) groups excluding carboxylic acids is 1. The van der Waals surface area contributed by atoms with Gasteiger partial charge in [0.25, 0.3) is 5.91 Å². The summed E-state index contributed by atoms with van der Waals surface area (Å²) in [4.78, 5) is 17.3. The fourth-order valence-corrected chi connectivity index (χ4v) is 3.52. The Morgan fingerprint density at radius 3 is 2.54 bits per heavy atom. The molecule has 4 nitrogen and oxygen atoms in total. The molecule has 0 aliphatic heterocycles. The third kappa shape index (κ3) is 3.78. The number of aromatic nitrogens is 2. The predicted octanol–water partition coefficient (Wildman–Crippen LogP) is 5.26. The maximum absolute atomic E-state index is 12.5. The van der Waals surface area contributed by atoms with Gasteiger partial charge in [-0.2, -0.15) is 0 Å². The smallest absolute Gasteiger partial charge is 0.257 e. The Morgan fingerprint density at radius 1 is 1.00 bits per heavy atom. The first-order chi connectivity index (χ1) is 13.6. The van der Waals surface area contributed by atoms with Crippen molar-refractivity contribution in [3.63, 3.8) is 0 Å². The quantitative estimate of drug-likeness (QED) is 0.505. The molecule has 1 aromatic heterocycles. The SMILES string of the molecule is Cn1c(CCc2ccccc2)nc2cc(NC(=O)c3ccccc3Cl)ccc21. The van der Waals surface area contributed by atoms with Crippen molar-refractivity contribution in [3.05, 3.63) is 94.8 Å². The van der Waals surface area contributed by atoms with Gasteiger partial charge in [-0.25, -0.2) is 4.98 Å². The summed E-state index contributed by atoms with van der Waals surface area (Å²) >= 11 is 6.11. The summed E-state index contributed by atoms with van der Waals surface area (Å²) in [6, 6.07) is 23.2. The Bertz CT molecular complexity index is 1140. The first-order valence-corrected chi connectivity index (χ1v) is 9.55. The number of carbonyl (C=O) groups is 1. The van der Waals surface area contributed by atoms with Crippen LogP contribution in [0, 0.1) is 0 Å². The summed E-state index contributed by atoms with van der Waals surface area (Å²) in [6.45, 7) is 0. The fourth-order valence-electron chi connectivity index (χ4n) is 3.30. The number of nitrogens with zero attached hydrogens (tertiary/aromatic N) is 2. The number of amides is 1. The molecule has 0 aliphatic carbocycles. The van der Waals surface area contributed by atoms with Crippen molar-refractivity contribution in [1.29, 1.82) is 0 Å². The van der Waals surface area contributed by atoms with Gasteiger partial charge in [-0.3, -0.25) is 4.79 Å². The molecule has 4 rings (SSSR count). The number of hydrogen-bond donors (Lipinski definition) is 1. The van der Waals surface area contributed by atoms with Crippen LogP contribution in [0.2, 0.25) is 5.02 Å².